The van der Waals surface area contributed by atoms with Crippen molar-refractivity contribution < 1.29 is 14.3 Å². The van der Waals surface area contributed by atoms with Gasteiger partial charge in [0.1, 0.15) is 5.75 Å². The molecule has 0 aliphatic heterocycles. The highest BCUT2D eigenvalue weighted by Gasteiger charge is 2.06. The Kier molecular flexibility index (Phi) is 4.93. The molecule has 2 rings (SSSR count). The molecule has 0 saturated heterocycles. The van der Waals surface area contributed by atoms with Crippen molar-refractivity contribution >= 4 is 17.5 Å². The molecule has 0 saturated carbocycles. The molecule has 0 aromatic heterocycles. The maximum atomic E-state index is 12.0. The van der Waals surface area contributed by atoms with Gasteiger partial charge in [-0.1, -0.05) is 24.3 Å². The van der Waals surface area contributed by atoms with Gasteiger partial charge in [-0.05, 0) is 24.3 Å². The maximum absolute atomic E-state index is 12.0. The SMILES string of the molecule is CNC(=O)COc1cccc(NC(=O)c2ccccc2)c1. The Labute approximate surface area is 122 Å². The van der Waals surface area contributed by atoms with E-state index in [0.29, 0.717) is 17.0 Å². The minimum atomic E-state index is -0.214. The summed E-state index contributed by atoms with van der Waals surface area (Å²) < 4.78 is 5.32. The summed E-state index contributed by atoms with van der Waals surface area (Å²) in [6.45, 7) is -0.0629. The van der Waals surface area contributed by atoms with Crippen LogP contribution in [0.3, 0.4) is 0 Å². The molecule has 0 aliphatic carbocycles. The molecule has 5 nitrogen and oxygen atoms in total. The van der Waals surface area contributed by atoms with E-state index in [0.717, 1.165) is 0 Å². The first-order chi connectivity index (χ1) is 10.2. The van der Waals surface area contributed by atoms with Gasteiger partial charge >= 0.3 is 0 Å². The van der Waals surface area contributed by atoms with E-state index < -0.39 is 0 Å². The molecule has 0 atom stereocenters. The van der Waals surface area contributed by atoms with Crippen LogP contribution in [-0.4, -0.2) is 25.5 Å². The molecule has 21 heavy (non-hydrogen) atoms. The van der Waals surface area contributed by atoms with Crippen molar-refractivity contribution in [2.75, 3.05) is 19.0 Å². The molecule has 0 unspecified atom stereocenters. The number of nitrogens with one attached hydrogen (secondary N) is 2. The van der Waals surface area contributed by atoms with Crippen LogP contribution >= 0.6 is 0 Å². The minimum absolute atomic E-state index is 0.0629. The summed E-state index contributed by atoms with van der Waals surface area (Å²) in [6, 6.07) is 15.8. The Morgan fingerprint density at radius 3 is 2.52 bits per heavy atom. The summed E-state index contributed by atoms with van der Waals surface area (Å²) in [4.78, 5) is 23.1. The van der Waals surface area contributed by atoms with Crippen LogP contribution in [0.15, 0.2) is 54.6 Å². The van der Waals surface area contributed by atoms with Crippen molar-refractivity contribution in [3.8, 4) is 5.75 Å². The van der Waals surface area contributed by atoms with Gasteiger partial charge in [-0.15, -0.1) is 0 Å². The Hall–Kier alpha value is -2.82. The van der Waals surface area contributed by atoms with Gasteiger partial charge in [0.2, 0.25) is 0 Å². The first-order valence-electron chi connectivity index (χ1n) is 6.49. The van der Waals surface area contributed by atoms with E-state index in [9.17, 15) is 9.59 Å². The van der Waals surface area contributed by atoms with E-state index in [1.165, 1.54) is 0 Å². The second-order valence-electron chi connectivity index (χ2n) is 4.31. The number of likely N-dealkylation sites (N-methyl/N-ethyl adjacent to an activating group) is 1. The first-order valence-corrected chi connectivity index (χ1v) is 6.49. The predicted octanol–water partition coefficient (Wildman–Crippen LogP) is 2.06. The maximum Gasteiger partial charge on any atom is 0.257 e. The van der Waals surface area contributed by atoms with Crippen LogP contribution in [0.4, 0.5) is 5.69 Å². The van der Waals surface area contributed by atoms with Crippen molar-refractivity contribution in [2.45, 2.75) is 0 Å². The number of anilines is 1. The van der Waals surface area contributed by atoms with Gasteiger partial charge in [-0.25, -0.2) is 0 Å². The van der Waals surface area contributed by atoms with Gasteiger partial charge < -0.3 is 15.4 Å². The van der Waals surface area contributed by atoms with Crippen LogP contribution in [0.1, 0.15) is 10.4 Å². The highest BCUT2D eigenvalue weighted by atomic mass is 16.5. The average Bonchev–Trinajstić information content (AvgIpc) is 2.53. The average molecular weight is 284 g/mol. The first kappa shape index (κ1) is 14.6. The van der Waals surface area contributed by atoms with Crippen LogP contribution in [0, 0.1) is 0 Å². The number of amides is 2. The topological polar surface area (TPSA) is 67.4 Å². The Morgan fingerprint density at radius 2 is 1.81 bits per heavy atom. The standard InChI is InChI=1S/C16H16N2O3/c1-17-15(19)11-21-14-9-5-8-13(10-14)18-16(20)12-6-3-2-4-7-12/h2-10H,11H2,1H3,(H,17,19)(H,18,20). The van der Waals surface area contributed by atoms with Crippen molar-refractivity contribution in [3.05, 3.63) is 60.2 Å². The molecule has 0 bridgehead atoms. The van der Waals surface area contributed by atoms with E-state index in [1.54, 1.807) is 55.6 Å². The fourth-order valence-corrected chi connectivity index (χ4v) is 1.68. The molecule has 2 amide bonds. The third kappa shape index (κ3) is 4.35. The van der Waals surface area contributed by atoms with Crippen LogP contribution in [0.2, 0.25) is 0 Å². The lowest BCUT2D eigenvalue weighted by atomic mass is 10.2. The number of carbonyl (C=O) groups excluding carboxylic acids is 2. The smallest absolute Gasteiger partial charge is 0.257 e. The number of benzene rings is 2. The lowest BCUT2D eigenvalue weighted by molar-refractivity contribution is -0.122. The molecule has 2 aromatic carbocycles. The third-order valence-electron chi connectivity index (χ3n) is 2.78. The molecular formula is C16H16N2O3. The quantitative estimate of drug-likeness (QED) is 0.883. The molecule has 2 aromatic rings. The van der Waals surface area contributed by atoms with Gasteiger partial charge in [0.25, 0.3) is 11.8 Å². The highest BCUT2D eigenvalue weighted by Crippen LogP contribution is 2.18. The zero-order valence-electron chi connectivity index (χ0n) is 11.6. The van der Waals surface area contributed by atoms with Crippen LogP contribution in [0.5, 0.6) is 5.75 Å². The molecule has 2 N–H and O–H groups in total. The summed E-state index contributed by atoms with van der Waals surface area (Å²) in [5, 5.41) is 5.25. The second kappa shape index (κ2) is 7.09. The van der Waals surface area contributed by atoms with Crippen LogP contribution in [0.25, 0.3) is 0 Å². The fraction of sp³-hybridized carbons (Fsp3) is 0.125. The van der Waals surface area contributed by atoms with Crippen molar-refractivity contribution in [2.24, 2.45) is 0 Å². The van der Waals surface area contributed by atoms with Gasteiger partial charge in [-0.3, -0.25) is 9.59 Å². The summed E-state index contributed by atoms with van der Waals surface area (Å²) >= 11 is 0. The van der Waals surface area contributed by atoms with Gasteiger partial charge in [0.15, 0.2) is 6.61 Å². The fourth-order valence-electron chi connectivity index (χ4n) is 1.68. The van der Waals surface area contributed by atoms with Crippen molar-refractivity contribution in [1.29, 1.82) is 0 Å². The Morgan fingerprint density at radius 1 is 1.05 bits per heavy atom. The Bertz CT molecular complexity index is 626. The molecule has 0 fully saturated rings. The van der Waals surface area contributed by atoms with E-state index in [1.807, 2.05) is 6.07 Å². The van der Waals surface area contributed by atoms with Crippen LogP contribution in [-0.2, 0) is 4.79 Å². The monoisotopic (exact) mass is 284 g/mol. The summed E-state index contributed by atoms with van der Waals surface area (Å²) in [6.07, 6.45) is 0. The third-order valence-corrected chi connectivity index (χ3v) is 2.78. The van der Waals surface area contributed by atoms with E-state index in [-0.39, 0.29) is 18.4 Å². The number of ether oxygens (including phenoxy) is 1. The lowest BCUT2D eigenvalue weighted by Crippen LogP contribution is -2.24. The summed E-state index contributed by atoms with van der Waals surface area (Å²) in [7, 11) is 1.54. The van der Waals surface area contributed by atoms with Crippen molar-refractivity contribution in [1.82, 2.24) is 5.32 Å². The molecular weight excluding hydrogens is 268 g/mol. The lowest BCUT2D eigenvalue weighted by Gasteiger charge is -2.08. The van der Waals surface area contributed by atoms with Gasteiger partial charge in [-0.2, -0.15) is 0 Å². The molecule has 108 valence electrons. The largest absolute Gasteiger partial charge is 0.484 e. The summed E-state index contributed by atoms with van der Waals surface area (Å²) in [5.74, 6) is 0.109. The molecule has 5 heteroatoms. The molecule has 0 radical (unpaired) electrons. The zero-order valence-corrected chi connectivity index (χ0v) is 11.6. The number of hydrogen-bond donors (Lipinski definition) is 2. The molecule has 0 aliphatic rings. The Balaban J connectivity index is 2.01. The number of carbonyl (C=O) groups is 2. The van der Waals surface area contributed by atoms with E-state index in [4.69, 9.17) is 4.74 Å². The molecule has 0 spiro atoms. The van der Waals surface area contributed by atoms with Crippen LogP contribution < -0.4 is 15.4 Å². The normalized spacial score (nSPS) is 9.76. The second-order valence-corrected chi connectivity index (χ2v) is 4.31. The minimum Gasteiger partial charge on any atom is -0.484 e. The van der Waals surface area contributed by atoms with Crippen molar-refractivity contribution in [3.63, 3.8) is 0 Å². The number of hydrogen-bond acceptors (Lipinski definition) is 3. The zero-order chi connectivity index (χ0) is 15.1. The van der Waals surface area contributed by atoms with E-state index in [2.05, 4.69) is 10.6 Å². The highest BCUT2D eigenvalue weighted by molar-refractivity contribution is 6.04. The molecule has 0 heterocycles. The van der Waals surface area contributed by atoms with Gasteiger partial charge in [0, 0.05) is 24.4 Å². The summed E-state index contributed by atoms with van der Waals surface area (Å²) in [5.41, 5.74) is 1.19. The van der Waals surface area contributed by atoms with Gasteiger partial charge in [0.05, 0.1) is 0 Å². The number of rotatable bonds is 5. The predicted molar refractivity (Wildman–Crippen MR) is 80.4 cm³/mol. The van der Waals surface area contributed by atoms with E-state index >= 15 is 0 Å².